The largest absolute Gasteiger partial charge is 0.335 e. The van der Waals surface area contributed by atoms with Gasteiger partial charge in [0, 0.05) is 19.3 Å². The number of rotatable bonds is 3. The van der Waals surface area contributed by atoms with Gasteiger partial charge in [-0.25, -0.2) is 9.98 Å². The van der Waals surface area contributed by atoms with Crippen molar-refractivity contribution in [2.24, 2.45) is 26.8 Å². The highest BCUT2D eigenvalue weighted by Gasteiger charge is 2.44. The molecule has 1 amide bonds. The van der Waals surface area contributed by atoms with Crippen molar-refractivity contribution in [3.8, 4) is 0 Å². The lowest BCUT2D eigenvalue weighted by Crippen LogP contribution is -2.34. The lowest BCUT2D eigenvalue weighted by molar-refractivity contribution is -0.123. The van der Waals surface area contributed by atoms with Crippen LogP contribution in [0.5, 0.6) is 0 Å². The van der Waals surface area contributed by atoms with E-state index < -0.39 is 0 Å². The van der Waals surface area contributed by atoms with E-state index in [1.807, 2.05) is 11.0 Å². The lowest BCUT2D eigenvalue weighted by Gasteiger charge is -2.21. The number of carbonyl (C=O) groups excluding carboxylic acids is 1. The van der Waals surface area contributed by atoms with Crippen molar-refractivity contribution < 1.29 is 4.79 Å². The summed E-state index contributed by atoms with van der Waals surface area (Å²) in [7, 11) is 0. The summed E-state index contributed by atoms with van der Waals surface area (Å²) in [4.78, 5) is 28.6. The fourth-order valence-corrected chi connectivity index (χ4v) is 5.63. The molecule has 3 aliphatic heterocycles. The Morgan fingerprint density at radius 1 is 1.13 bits per heavy atom. The highest BCUT2D eigenvalue weighted by molar-refractivity contribution is 6.41. The third-order valence-electron chi connectivity index (χ3n) is 7.12. The minimum Gasteiger partial charge on any atom is -0.335 e. The fourth-order valence-electron chi connectivity index (χ4n) is 5.63. The van der Waals surface area contributed by atoms with Gasteiger partial charge in [-0.2, -0.15) is 0 Å². The molecule has 1 saturated carbocycles. The molecular weight excluding hydrogens is 372 g/mol. The molecule has 0 spiro atoms. The first-order valence-electron chi connectivity index (χ1n) is 11.3. The van der Waals surface area contributed by atoms with Crippen molar-refractivity contribution in [3.05, 3.63) is 47.5 Å². The minimum absolute atomic E-state index is 0.00839. The summed E-state index contributed by atoms with van der Waals surface area (Å²) < 4.78 is 0. The van der Waals surface area contributed by atoms with Crippen molar-refractivity contribution >= 4 is 23.8 Å². The van der Waals surface area contributed by atoms with E-state index in [2.05, 4.69) is 59.2 Å². The van der Waals surface area contributed by atoms with Gasteiger partial charge in [-0.3, -0.25) is 9.79 Å². The van der Waals surface area contributed by atoms with Crippen LogP contribution in [0.4, 0.5) is 0 Å². The second kappa shape index (κ2) is 7.93. The summed E-state index contributed by atoms with van der Waals surface area (Å²) in [6.07, 6.45) is 9.94. The monoisotopic (exact) mass is 402 g/mol. The molecule has 1 saturated heterocycles. The Morgan fingerprint density at radius 3 is 2.67 bits per heavy atom. The molecule has 5 nitrogen and oxygen atoms in total. The number of carbonyl (C=O) groups is 1. The van der Waals surface area contributed by atoms with Crippen LogP contribution in [0.1, 0.15) is 62.5 Å². The second-order valence-electron chi connectivity index (χ2n) is 9.40. The predicted octanol–water partition coefficient (Wildman–Crippen LogP) is 4.36. The van der Waals surface area contributed by atoms with Gasteiger partial charge in [-0.05, 0) is 66.6 Å². The van der Waals surface area contributed by atoms with Gasteiger partial charge in [-0.15, -0.1) is 0 Å². The number of allylic oxidation sites excluding steroid dienone is 2. The van der Waals surface area contributed by atoms with Crippen LogP contribution in [0, 0.1) is 11.8 Å². The minimum atomic E-state index is -0.0656. The molecule has 4 aliphatic rings. The van der Waals surface area contributed by atoms with Crippen LogP contribution < -0.4 is 0 Å². The fraction of sp³-hybridized carbons (Fsp3) is 0.520. The summed E-state index contributed by atoms with van der Waals surface area (Å²) in [6.45, 7) is 6.23. The molecule has 30 heavy (non-hydrogen) atoms. The van der Waals surface area contributed by atoms with Crippen LogP contribution >= 0.6 is 0 Å². The van der Waals surface area contributed by atoms with E-state index in [0.717, 1.165) is 25.9 Å². The summed E-state index contributed by atoms with van der Waals surface area (Å²) >= 11 is 0. The highest BCUT2D eigenvalue weighted by atomic mass is 16.2. The van der Waals surface area contributed by atoms with Crippen LogP contribution in [0.2, 0.25) is 0 Å². The quantitative estimate of drug-likeness (QED) is 0.741. The van der Waals surface area contributed by atoms with Gasteiger partial charge >= 0.3 is 0 Å². The van der Waals surface area contributed by atoms with E-state index in [4.69, 9.17) is 0 Å². The summed E-state index contributed by atoms with van der Waals surface area (Å²) in [5, 5.41) is 0. The van der Waals surface area contributed by atoms with E-state index in [1.54, 1.807) is 6.21 Å². The number of nitrogens with zero attached hydrogens (tertiary/aromatic N) is 4. The third-order valence-corrected chi connectivity index (χ3v) is 7.12. The van der Waals surface area contributed by atoms with Crippen molar-refractivity contribution in [1.29, 1.82) is 0 Å². The Hall–Kier alpha value is -2.56. The Kier molecular flexibility index (Phi) is 5.13. The predicted molar refractivity (Wildman–Crippen MR) is 122 cm³/mol. The number of benzene rings is 1. The van der Waals surface area contributed by atoms with Crippen molar-refractivity contribution in [2.75, 3.05) is 13.1 Å². The van der Waals surface area contributed by atoms with Crippen LogP contribution in [0.15, 0.2) is 51.4 Å². The maximum Gasteiger partial charge on any atom is 0.291 e. The van der Waals surface area contributed by atoms with Crippen LogP contribution in [-0.2, 0) is 4.79 Å². The molecule has 3 heterocycles. The van der Waals surface area contributed by atoms with E-state index in [0.29, 0.717) is 35.3 Å². The van der Waals surface area contributed by atoms with Crippen LogP contribution in [0.25, 0.3) is 0 Å². The number of amidine groups is 2. The van der Waals surface area contributed by atoms with Gasteiger partial charge in [0.25, 0.3) is 5.91 Å². The average molecular weight is 403 g/mol. The van der Waals surface area contributed by atoms with E-state index in [1.165, 1.54) is 24.0 Å². The average Bonchev–Trinajstić information content (AvgIpc) is 3.40. The molecule has 4 atom stereocenters. The maximum atomic E-state index is 13.1. The van der Waals surface area contributed by atoms with E-state index in [-0.39, 0.29) is 11.9 Å². The Labute approximate surface area is 178 Å². The molecule has 3 unspecified atom stereocenters. The van der Waals surface area contributed by atoms with Crippen molar-refractivity contribution in [3.63, 3.8) is 0 Å². The molecule has 0 N–H and O–H groups in total. The van der Waals surface area contributed by atoms with Gasteiger partial charge in [0.05, 0.1) is 0 Å². The lowest BCUT2D eigenvalue weighted by atomic mass is 9.87. The van der Waals surface area contributed by atoms with Gasteiger partial charge in [0.15, 0.2) is 5.84 Å². The van der Waals surface area contributed by atoms with Crippen molar-refractivity contribution in [2.45, 2.75) is 57.4 Å². The number of hydrogen-bond donors (Lipinski definition) is 0. The van der Waals surface area contributed by atoms with E-state index >= 15 is 0 Å². The maximum absolute atomic E-state index is 13.1. The Bertz CT molecular complexity index is 944. The number of aliphatic imine (C=N–C) groups is 3. The van der Waals surface area contributed by atoms with Crippen LogP contribution in [-0.4, -0.2) is 47.8 Å². The molecule has 1 aliphatic carbocycles. The van der Waals surface area contributed by atoms with Crippen LogP contribution in [0.3, 0.4) is 0 Å². The van der Waals surface area contributed by atoms with Gasteiger partial charge < -0.3 is 4.90 Å². The molecule has 1 aromatic carbocycles. The smallest absolute Gasteiger partial charge is 0.291 e. The highest BCUT2D eigenvalue weighted by Crippen LogP contribution is 2.47. The molecular formula is C25H30N4O. The van der Waals surface area contributed by atoms with Gasteiger partial charge in [-0.1, -0.05) is 44.2 Å². The molecule has 0 bridgehead atoms. The molecule has 5 heteroatoms. The number of fused-ring (bicyclic) bond motifs is 2. The molecule has 2 fully saturated rings. The van der Waals surface area contributed by atoms with Gasteiger partial charge in [0.1, 0.15) is 6.04 Å². The first kappa shape index (κ1) is 19.4. The van der Waals surface area contributed by atoms with Gasteiger partial charge in [0.2, 0.25) is 5.84 Å². The number of amides is 1. The first-order chi connectivity index (χ1) is 14.6. The molecule has 0 aromatic heterocycles. The second-order valence-corrected chi connectivity index (χ2v) is 9.40. The molecule has 0 radical (unpaired) electrons. The Balaban J connectivity index is 1.25. The normalized spacial score (nSPS) is 31.1. The Morgan fingerprint density at radius 2 is 1.90 bits per heavy atom. The number of hydrogen-bond acceptors (Lipinski definition) is 4. The number of likely N-dealkylation sites (tertiary alicyclic amines) is 1. The third kappa shape index (κ3) is 3.55. The molecule has 156 valence electrons. The van der Waals surface area contributed by atoms with E-state index in [9.17, 15) is 4.79 Å². The standard InChI is InChI=1S/C25H30N4O/c1-16(2)20-8-5-6-9-21(20)17-12-18-14-29(15-19(18)13-17)25(30)24-27-22-10-4-3-7-11-26-23(22)28-24/h3,5-9,11,16-19,22H,4,10,12-15H2,1-2H3/b7-3-,26-11?/t17?,18-,19?,22?/m1/s1. The molecule has 1 aromatic rings. The topological polar surface area (TPSA) is 57.4 Å². The van der Waals surface area contributed by atoms with Crippen molar-refractivity contribution in [1.82, 2.24) is 4.90 Å². The zero-order valence-electron chi connectivity index (χ0n) is 17.9. The zero-order valence-corrected chi connectivity index (χ0v) is 17.9. The summed E-state index contributed by atoms with van der Waals surface area (Å²) in [6, 6.07) is 8.85. The molecule has 5 rings (SSSR count). The first-order valence-corrected chi connectivity index (χ1v) is 11.3. The zero-order chi connectivity index (χ0) is 20.7. The SMILES string of the molecule is CC(C)c1ccccc1C1CC2CN(C(=O)C3=NC4CC/C=C\C=NC4=N3)C[C@H]2C1. The summed E-state index contributed by atoms with van der Waals surface area (Å²) in [5.74, 6) is 3.38. The summed E-state index contributed by atoms with van der Waals surface area (Å²) in [5.41, 5.74) is 3.00.